The number of benzene rings is 1. The maximum absolute atomic E-state index is 12.7. The lowest BCUT2D eigenvalue weighted by Gasteiger charge is -2.38. The Balaban J connectivity index is 1.38. The Morgan fingerprint density at radius 3 is 2.70 bits per heavy atom. The molecule has 8 heteroatoms. The zero-order chi connectivity index (χ0) is 21.3. The van der Waals surface area contributed by atoms with Gasteiger partial charge in [0.15, 0.2) is 0 Å². The summed E-state index contributed by atoms with van der Waals surface area (Å²) in [5.74, 6) is 0.262. The number of rotatable bonds is 5. The maximum atomic E-state index is 12.7. The smallest absolute Gasteiger partial charge is 0.271 e. The number of amides is 1. The molecule has 1 aromatic carbocycles. The molecule has 1 fully saturated rings. The summed E-state index contributed by atoms with van der Waals surface area (Å²) in [5.41, 5.74) is 0.650. The molecule has 2 aromatic heterocycles. The molecule has 0 saturated carbocycles. The number of likely N-dealkylation sites (tertiary alicyclic amines) is 1. The Hall–Kier alpha value is -2.03. The average Bonchev–Trinajstić information content (AvgIpc) is 3.12. The minimum absolute atomic E-state index is 0.108. The van der Waals surface area contributed by atoms with E-state index >= 15 is 0 Å². The first-order valence-electron chi connectivity index (χ1n) is 10.0. The normalized spacial score (nSPS) is 17.2. The zero-order valence-corrected chi connectivity index (χ0v) is 19.2. The van der Waals surface area contributed by atoms with Crippen molar-refractivity contribution in [2.24, 2.45) is 0 Å². The van der Waals surface area contributed by atoms with Crippen LogP contribution in [0.15, 0.2) is 51.3 Å². The molecule has 1 saturated heterocycles. The van der Waals surface area contributed by atoms with Crippen molar-refractivity contribution in [2.45, 2.75) is 44.2 Å². The van der Waals surface area contributed by atoms with E-state index in [1.165, 1.54) is 22.2 Å². The van der Waals surface area contributed by atoms with Crippen molar-refractivity contribution in [1.29, 1.82) is 0 Å². The number of halogens is 1. The van der Waals surface area contributed by atoms with Crippen LogP contribution in [0.2, 0.25) is 0 Å². The van der Waals surface area contributed by atoms with Gasteiger partial charge in [-0.05, 0) is 40.3 Å². The fraction of sp³-hybridized carbons (Fsp3) is 0.409. The number of aliphatic hydroxyl groups is 1. The van der Waals surface area contributed by atoms with Crippen LogP contribution in [0.25, 0.3) is 10.2 Å². The predicted molar refractivity (Wildman–Crippen MR) is 122 cm³/mol. The summed E-state index contributed by atoms with van der Waals surface area (Å²) in [7, 11) is 0. The van der Waals surface area contributed by atoms with Crippen LogP contribution < -0.4 is 5.56 Å². The summed E-state index contributed by atoms with van der Waals surface area (Å²) in [6.45, 7) is 3.23. The molecule has 1 amide bonds. The minimum Gasteiger partial charge on any atom is -0.388 e. The van der Waals surface area contributed by atoms with Gasteiger partial charge in [0.1, 0.15) is 10.2 Å². The summed E-state index contributed by atoms with van der Waals surface area (Å²) in [6.07, 6.45) is 2.84. The lowest BCUT2D eigenvalue weighted by molar-refractivity contribution is -0.136. The Morgan fingerprint density at radius 2 is 2.00 bits per heavy atom. The monoisotopic (exact) mass is 489 g/mol. The van der Waals surface area contributed by atoms with Crippen LogP contribution in [0.1, 0.15) is 37.7 Å². The van der Waals surface area contributed by atoms with Crippen LogP contribution in [0.4, 0.5) is 0 Å². The molecular weight excluding hydrogens is 466 g/mol. The average molecular weight is 490 g/mol. The van der Waals surface area contributed by atoms with E-state index in [0.29, 0.717) is 42.6 Å². The molecule has 158 valence electrons. The molecule has 0 spiro atoms. The first-order valence-corrected chi connectivity index (χ1v) is 11.7. The van der Waals surface area contributed by atoms with Crippen molar-refractivity contribution in [3.8, 4) is 0 Å². The third kappa shape index (κ3) is 4.36. The van der Waals surface area contributed by atoms with Crippen molar-refractivity contribution in [1.82, 2.24) is 14.5 Å². The minimum atomic E-state index is -1.02. The summed E-state index contributed by atoms with van der Waals surface area (Å²) in [4.78, 5) is 31.6. The van der Waals surface area contributed by atoms with E-state index in [1.807, 2.05) is 40.6 Å². The molecule has 1 aliphatic heterocycles. The Morgan fingerprint density at radius 1 is 1.30 bits per heavy atom. The van der Waals surface area contributed by atoms with Crippen LogP contribution >= 0.6 is 27.3 Å². The van der Waals surface area contributed by atoms with Crippen molar-refractivity contribution in [3.63, 3.8) is 0 Å². The Kier molecular flexibility index (Phi) is 6.09. The van der Waals surface area contributed by atoms with Gasteiger partial charge in [-0.3, -0.25) is 14.2 Å². The first-order chi connectivity index (χ1) is 14.4. The Labute approximate surface area is 187 Å². The van der Waals surface area contributed by atoms with Crippen molar-refractivity contribution < 1.29 is 9.90 Å². The van der Waals surface area contributed by atoms with Gasteiger partial charge in [-0.25, -0.2) is 4.98 Å². The van der Waals surface area contributed by atoms with E-state index < -0.39 is 5.60 Å². The zero-order valence-electron chi connectivity index (χ0n) is 16.8. The molecule has 0 bridgehead atoms. The summed E-state index contributed by atoms with van der Waals surface area (Å²) in [5, 5.41) is 12.9. The largest absolute Gasteiger partial charge is 0.388 e. The standard InChI is InChI=1S/C22H24BrN3O3S/c1-15(16-5-3-2-4-6-16)11-18(27)25-9-7-22(29,8-10-25)13-26-14-24-19-17(23)12-30-20(19)21(26)28/h2-6,12,14-15,29H,7-11,13H2,1H3/t15-/m1/s1. The second kappa shape index (κ2) is 8.61. The highest BCUT2D eigenvalue weighted by Gasteiger charge is 2.35. The van der Waals surface area contributed by atoms with Crippen molar-refractivity contribution in [2.75, 3.05) is 13.1 Å². The maximum Gasteiger partial charge on any atom is 0.271 e. The highest BCUT2D eigenvalue weighted by atomic mass is 79.9. The van der Waals surface area contributed by atoms with Crippen LogP contribution in [0, 0.1) is 0 Å². The molecule has 3 heterocycles. The van der Waals surface area contributed by atoms with E-state index in [9.17, 15) is 14.7 Å². The van der Waals surface area contributed by atoms with Crippen molar-refractivity contribution in [3.05, 3.63) is 62.4 Å². The second-order valence-corrected chi connectivity index (χ2v) is 9.79. The fourth-order valence-electron chi connectivity index (χ4n) is 3.96. The van der Waals surface area contributed by atoms with Crippen LogP contribution in [0.3, 0.4) is 0 Å². The number of hydrogen-bond acceptors (Lipinski definition) is 5. The number of carbonyl (C=O) groups excluding carboxylic acids is 1. The number of carbonyl (C=O) groups is 1. The summed E-state index contributed by atoms with van der Waals surface area (Å²) >= 11 is 4.75. The van der Waals surface area contributed by atoms with Crippen molar-refractivity contribution >= 4 is 43.4 Å². The van der Waals surface area contributed by atoms with Crippen LogP contribution in [-0.4, -0.2) is 44.2 Å². The van der Waals surface area contributed by atoms with Gasteiger partial charge in [0.05, 0.1) is 22.9 Å². The lowest BCUT2D eigenvalue weighted by Crippen LogP contribution is -2.49. The first kappa shape index (κ1) is 21.2. The lowest BCUT2D eigenvalue weighted by atomic mass is 9.90. The molecule has 1 N–H and O–H groups in total. The SMILES string of the molecule is C[C@H](CC(=O)N1CCC(O)(Cn2cnc3c(Br)csc3c2=O)CC1)c1ccccc1. The van der Waals surface area contributed by atoms with E-state index in [4.69, 9.17) is 0 Å². The highest BCUT2D eigenvalue weighted by Crippen LogP contribution is 2.28. The van der Waals surface area contributed by atoms with E-state index in [1.54, 1.807) is 0 Å². The molecule has 6 nitrogen and oxygen atoms in total. The molecule has 30 heavy (non-hydrogen) atoms. The summed E-state index contributed by atoms with van der Waals surface area (Å²) in [6, 6.07) is 10.0. The number of hydrogen-bond donors (Lipinski definition) is 1. The van der Waals surface area contributed by atoms with Gasteiger partial charge in [0.2, 0.25) is 5.91 Å². The van der Waals surface area contributed by atoms with Gasteiger partial charge in [-0.1, -0.05) is 37.3 Å². The fourth-order valence-corrected chi connectivity index (χ4v) is 5.50. The van der Waals surface area contributed by atoms with E-state index in [0.717, 1.165) is 10.0 Å². The van der Waals surface area contributed by atoms with Gasteiger partial charge in [0, 0.05) is 24.9 Å². The second-order valence-electron chi connectivity index (χ2n) is 8.06. The third-order valence-electron chi connectivity index (χ3n) is 5.86. The Bertz CT molecular complexity index is 1100. The number of fused-ring (bicyclic) bond motifs is 1. The van der Waals surface area contributed by atoms with E-state index in [2.05, 4.69) is 27.8 Å². The molecule has 4 rings (SSSR count). The topological polar surface area (TPSA) is 75.4 Å². The van der Waals surface area contributed by atoms with Gasteiger partial charge < -0.3 is 10.0 Å². The predicted octanol–water partition coefficient (Wildman–Crippen LogP) is 3.77. The number of thiophene rings is 1. The highest BCUT2D eigenvalue weighted by molar-refractivity contribution is 9.10. The van der Waals surface area contributed by atoms with Gasteiger partial charge in [-0.15, -0.1) is 11.3 Å². The van der Waals surface area contributed by atoms with Crippen LogP contribution in [-0.2, 0) is 11.3 Å². The molecule has 0 aliphatic carbocycles. The number of piperidine rings is 1. The molecular formula is C22H24BrN3O3S. The molecule has 1 atom stereocenters. The number of nitrogens with zero attached hydrogens (tertiary/aromatic N) is 3. The molecule has 0 radical (unpaired) electrons. The summed E-state index contributed by atoms with van der Waals surface area (Å²) < 4.78 is 2.87. The molecule has 3 aromatic rings. The van der Waals surface area contributed by atoms with Gasteiger partial charge >= 0.3 is 0 Å². The van der Waals surface area contributed by atoms with Gasteiger partial charge in [-0.2, -0.15) is 0 Å². The molecule has 1 aliphatic rings. The quantitative estimate of drug-likeness (QED) is 0.591. The molecule has 0 unspecified atom stereocenters. The number of aromatic nitrogens is 2. The van der Waals surface area contributed by atoms with Gasteiger partial charge in [0.25, 0.3) is 5.56 Å². The third-order valence-corrected chi connectivity index (χ3v) is 7.73. The van der Waals surface area contributed by atoms with E-state index in [-0.39, 0.29) is 23.9 Å². The van der Waals surface area contributed by atoms with Crippen LogP contribution in [0.5, 0.6) is 0 Å².